The van der Waals surface area contributed by atoms with Gasteiger partial charge in [0, 0.05) is 24.7 Å². The van der Waals surface area contributed by atoms with Crippen molar-refractivity contribution in [1.29, 1.82) is 0 Å². The molecule has 0 spiro atoms. The van der Waals surface area contributed by atoms with E-state index in [1.807, 2.05) is 35.2 Å². The highest BCUT2D eigenvalue weighted by Crippen LogP contribution is 2.23. The molecule has 0 bridgehead atoms. The molecule has 1 unspecified atom stereocenters. The van der Waals surface area contributed by atoms with Crippen LogP contribution in [0.25, 0.3) is 11.3 Å². The maximum absolute atomic E-state index is 12.6. The van der Waals surface area contributed by atoms with Gasteiger partial charge >= 0.3 is 0 Å². The third kappa shape index (κ3) is 3.25. The number of carbonyl (C=O) groups excluding carboxylic acids is 1. The van der Waals surface area contributed by atoms with Crippen LogP contribution >= 0.6 is 12.4 Å². The van der Waals surface area contributed by atoms with Gasteiger partial charge in [-0.2, -0.15) is 5.10 Å². The van der Waals surface area contributed by atoms with Crippen LogP contribution in [0.5, 0.6) is 0 Å². The molecule has 1 atom stereocenters. The third-order valence-electron chi connectivity index (χ3n) is 3.68. The van der Waals surface area contributed by atoms with Gasteiger partial charge in [0.05, 0.1) is 17.5 Å². The Kier molecular flexibility index (Phi) is 4.98. The highest BCUT2D eigenvalue weighted by Gasteiger charge is 2.25. The molecule has 3 rings (SSSR count). The summed E-state index contributed by atoms with van der Waals surface area (Å²) in [7, 11) is 0. The molecule has 1 amide bonds. The number of amides is 1. The second-order valence-corrected chi connectivity index (χ2v) is 5.18. The van der Waals surface area contributed by atoms with Crippen LogP contribution in [-0.4, -0.2) is 40.1 Å². The van der Waals surface area contributed by atoms with E-state index in [-0.39, 0.29) is 24.4 Å². The van der Waals surface area contributed by atoms with Crippen molar-refractivity contribution in [2.24, 2.45) is 5.73 Å². The van der Waals surface area contributed by atoms with Crippen LogP contribution in [-0.2, 0) is 0 Å². The molecule has 6 heteroatoms. The fourth-order valence-electron chi connectivity index (χ4n) is 2.64. The number of hydrogen-bond donors (Lipinski definition) is 2. The number of piperidine rings is 1. The number of halogens is 1. The maximum Gasteiger partial charge on any atom is 0.257 e. The number of rotatable bonds is 2. The van der Waals surface area contributed by atoms with E-state index < -0.39 is 0 Å². The zero-order valence-electron chi connectivity index (χ0n) is 11.7. The minimum atomic E-state index is 0. The van der Waals surface area contributed by atoms with Crippen molar-refractivity contribution in [2.75, 3.05) is 13.1 Å². The van der Waals surface area contributed by atoms with Gasteiger partial charge in [0.1, 0.15) is 0 Å². The Bertz CT molecular complexity index is 599. The van der Waals surface area contributed by atoms with Crippen molar-refractivity contribution >= 4 is 18.3 Å². The van der Waals surface area contributed by atoms with Crippen molar-refractivity contribution in [2.45, 2.75) is 18.9 Å². The van der Waals surface area contributed by atoms with Crippen LogP contribution in [0.15, 0.2) is 36.5 Å². The minimum Gasteiger partial charge on any atom is -0.337 e. The molecule has 0 radical (unpaired) electrons. The smallest absolute Gasteiger partial charge is 0.257 e. The van der Waals surface area contributed by atoms with Crippen LogP contribution < -0.4 is 5.73 Å². The van der Waals surface area contributed by atoms with Crippen molar-refractivity contribution in [3.05, 3.63) is 42.1 Å². The Morgan fingerprint density at radius 1 is 1.33 bits per heavy atom. The molecule has 1 fully saturated rings. The van der Waals surface area contributed by atoms with Crippen molar-refractivity contribution in [3.63, 3.8) is 0 Å². The van der Waals surface area contributed by atoms with Gasteiger partial charge in [-0.3, -0.25) is 9.89 Å². The first-order valence-corrected chi connectivity index (χ1v) is 6.89. The topological polar surface area (TPSA) is 75.0 Å². The molecule has 1 aliphatic heterocycles. The number of likely N-dealkylation sites (tertiary alicyclic amines) is 1. The third-order valence-corrected chi connectivity index (χ3v) is 3.68. The summed E-state index contributed by atoms with van der Waals surface area (Å²) in [5, 5.41) is 6.95. The number of nitrogens with two attached hydrogens (primary N) is 1. The Labute approximate surface area is 129 Å². The van der Waals surface area contributed by atoms with Gasteiger partial charge in [-0.25, -0.2) is 0 Å². The number of nitrogens with one attached hydrogen (secondary N) is 1. The lowest BCUT2D eigenvalue weighted by atomic mass is 10.0. The lowest BCUT2D eigenvalue weighted by molar-refractivity contribution is 0.0709. The quantitative estimate of drug-likeness (QED) is 0.892. The van der Waals surface area contributed by atoms with Gasteiger partial charge in [0.25, 0.3) is 5.91 Å². The monoisotopic (exact) mass is 306 g/mol. The molecule has 5 nitrogen and oxygen atoms in total. The van der Waals surface area contributed by atoms with E-state index >= 15 is 0 Å². The molecule has 112 valence electrons. The summed E-state index contributed by atoms with van der Waals surface area (Å²) in [6.07, 6.45) is 3.55. The Morgan fingerprint density at radius 3 is 2.81 bits per heavy atom. The summed E-state index contributed by atoms with van der Waals surface area (Å²) in [6, 6.07) is 9.85. The van der Waals surface area contributed by atoms with E-state index in [1.54, 1.807) is 6.20 Å². The van der Waals surface area contributed by atoms with Crippen molar-refractivity contribution in [3.8, 4) is 11.3 Å². The molecule has 2 heterocycles. The summed E-state index contributed by atoms with van der Waals surface area (Å²) in [6.45, 7) is 1.39. The van der Waals surface area contributed by atoms with Gasteiger partial charge < -0.3 is 10.6 Å². The van der Waals surface area contributed by atoms with Crippen LogP contribution in [0.2, 0.25) is 0 Å². The van der Waals surface area contributed by atoms with Gasteiger partial charge in [-0.15, -0.1) is 12.4 Å². The SMILES string of the molecule is Cl.NC1CCCN(C(=O)c2cn[nH]c2-c2ccccc2)C1. The zero-order valence-corrected chi connectivity index (χ0v) is 12.5. The number of aromatic amines is 1. The number of nitrogens with zero attached hydrogens (tertiary/aromatic N) is 2. The first-order chi connectivity index (χ1) is 9.75. The summed E-state index contributed by atoms with van der Waals surface area (Å²) < 4.78 is 0. The molecule has 0 aliphatic carbocycles. The predicted molar refractivity (Wildman–Crippen MR) is 84.4 cm³/mol. The molecule has 3 N–H and O–H groups in total. The largest absolute Gasteiger partial charge is 0.337 e. The highest BCUT2D eigenvalue weighted by molar-refractivity contribution is 5.99. The summed E-state index contributed by atoms with van der Waals surface area (Å²) >= 11 is 0. The highest BCUT2D eigenvalue weighted by atomic mass is 35.5. The normalized spacial score (nSPS) is 18.1. The summed E-state index contributed by atoms with van der Waals surface area (Å²) in [5.74, 6) is 0.00718. The standard InChI is InChI=1S/C15H18N4O.ClH/c16-12-7-4-8-19(10-12)15(20)13-9-17-18-14(13)11-5-2-1-3-6-11;/h1-3,5-6,9,12H,4,7-8,10,16H2,(H,17,18);1H. The van der Waals surface area contributed by atoms with E-state index in [0.29, 0.717) is 12.1 Å². The van der Waals surface area contributed by atoms with E-state index in [9.17, 15) is 4.79 Å². The van der Waals surface area contributed by atoms with E-state index in [4.69, 9.17) is 5.73 Å². The molecule has 1 aliphatic rings. The molecule has 1 aromatic carbocycles. The van der Waals surface area contributed by atoms with Crippen LogP contribution in [0.4, 0.5) is 0 Å². The first kappa shape index (κ1) is 15.5. The van der Waals surface area contributed by atoms with Gasteiger partial charge in [-0.1, -0.05) is 30.3 Å². The second-order valence-electron chi connectivity index (χ2n) is 5.18. The van der Waals surface area contributed by atoms with Crippen molar-refractivity contribution < 1.29 is 4.79 Å². The van der Waals surface area contributed by atoms with Gasteiger partial charge in [-0.05, 0) is 12.8 Å². The van der Waals surface area contributed by atoms with Crippen LogP contribution in [0.1, 0.15) is 23.2 Å². The number of hydrogen-bond acceptors (Lipinski definition) is 3. The minimum absolute atomic E-state index is 0. The van der Waals surface area contributed by atoms with E-state index in [2.05, 4.69) is 10.2 Å². The number of aromatic nitrogens is 2. The zero-order chi connectivity index (χ0) is 13.9. The molecule has 1 aromatic heterocycles. The van der Waals surface area contributed by atoms with Crippen LogP contribution in [0.3, 0.4) is 0 Å². The van der Waals surface area contributed by atoms with E-state index in [1.165, 1.54) is 0 Å². The average molecular weight is 307 g/mol. The van der Waals surface area contributed by atoms with Gasteiger partial charge in [0.15, 0.2) is 0 Å². The fraction of sp³-hybridized carbons (Fsp3) is 0.333. The average Bonchev–Trinajstić information content (AvgIpc) is 2.97. The molecular weight excluding hydrogens is 288 g/mol. The van der Waals surface area contributed by atoms with Crippen LogP contribution in [0, 0.1) is 0 Å². The summed E-state index contributed by atoms with van der Waals surface area (Å²) in [5.41, 5.74) is 8.30. The molecule has 2 aromatic rings. The Balaban J connectivity index is 0.00000161. The number of H-pyrrole nitrogens is 1. The lowest BCUT2D eigenvalue weighted by Gasteiger charge is -2.30. The number of carbonyl (C=O) groups is 1. The lowest BCUT2D eigenvalue weighted by Crippen LogP contribution is -2.45. The summed E-state index contributed by atoms with van der Waals surface area (Å²) in [4.78, 5) is 14.4. The predicted octanol–water partition coefficient (Wildman–Crippen LogP) is 2.06. The van der Waals surface area contributed by atoms with E-state index in [0.717, 1.165) is 30.6 Å². The van der Waals surface area contributed by atoms with Gasteiger partial charge in [0.2, 0.25) is 0 Å². The molecule has 1 saturated heterocycles. The molecule has 0 saturated carbocycles. The fourth-order valence-corrected chi connectivity index (χ4v) is 2.64. The Hall–Kier alpha value is -1.85. The number of benzene rings is 1. The Morgan fingerprint density at radius 2 is 2.10 bits per heavy atom. The molecule has 21 heavy (non-hydrogen) atoms. The second kappa shape index (κ2) is 6.74. The first-order valence-electron chi connectivity index (χ1n) is 6.89. The molecular formula is C15H19ClN4O. The maximum atomic E-state index is 12.6. The van der Waals surface area contributed by atoms with Crippen molar-refractivity contribution in [1.82, 2.24) is 15.1 Å².